The molecule has 0 unspecified atom stereocenters. The molecule has 2 heterocycles. The van der Waals surface area contributed by atoms with Crippen LogP contribution in [0.25, 0.3) is 6.08 Å². The van der Waals surface area contributed by atoms with Crippen molar-refractivity contribution in [3.8, 4) is 11.5 Å². The second kappa shape index (κ2) is 6.26. The van der Waals surface area contributed by atoms with Gasteiger partial charge < -0.3 is 14.2 Å². The van der Waals surface area contributed by atoms with Crippen LogP contribution < -0.4 is 9.47 Å². The summed E-state index contributed by atoms with van der Waals surface area (Å²) >= 11 is 1.53. The zero-order valence-electron chi connectivity index (χ0n) is 12.6. The number of allylic oxidation sites excluding steroid dienone is 1. The minimum atomic E-state index is -0.474. The molecule has 0 radical (unpaired) electrons. The van der Waals surface area contributed by atoms with E-state index in [0.717, 1.165) is 10.4 Å². The SMILES string of the molecule is COC(=O)COc1cc(C)c2c(c1)O/C(=C\c1cccs1)C2=O. The third-order valence-electron chi connectivity index (χ3n) is 3.34. The summed E-state index contributed by atoms with van der Waals surface area (Å²) in [5.41, 5.74) is 1.26. The first-order chi connectivity index (χ1) is 11.1. The molecule has 0 fully saturated rings. The van der Waals surface area contributed by atoms with Crippen molar-refractivity contribution in [2.24, 2.45) is 0 Å². The van der Waals surface area contributed by atoms with E-state index in [1.54, 1.807) is 25.1 Å². The third-order valence-corrected chi connectivity index (χ3v) is 4.16. The van der Waals surface area contributed by atoms with Gasteiger partial charge in [-0.25, -0.2) is 4.79 Å². The Morgan fingerprint density at radius 3 is 2.91 bits per heavy atom. The fraction of sp³-hybridized carbons (Fsp3) is 0.176. The van der Waals surface area contributed by atoms with Crippen LogP contribution in [-0.2, 0) is 9.53 Å². The molecule has 118 valence electrons. The normalized spacial score (nSPS) is 14.5. The number of hydrogen-bond acceptors (Lipinski definition) is 6. The number of hydrogen-bond donors (Lipinski definition) is 0. The van der Waals surface area contributed by atoms with Crippen LogP contribution in [0.5, 0.6) is 11.5 Å². The monoisotopic (exact) mass is 330 g/mol. The summed E-state index contributed by atoms with van der Waals surface area (Å²) in [7, 11) is 1.29. The maximum atomic E-state index is 12.5. The van der Waals surface area contributed by atoms with E-state index in [0.29, 0.717) is 17.1 Å². The molecular formula is C17H14O5S. The minimum Gasteiger partial charge on any atom is -0.482 e. The van der Waals surface area contributed by atoms with E-state index in [-0.39, 0.29) is 18.1 Å². The van der Waals surface area contributed by atoms with E-state index >= 15 is 0 Å². The Balaban J connectivity index is 1.86. The van der Waals surface area contributed by atoms with E-state index < -0.39 is 5.97 Å². The first-order valence-corrected chi connectivity index (χ1v) is 7.78. The van der Waals surface area contributed by atoms with Crippen LogP contribution in [-0.4, -0.2) is 25.5 Å². The molecule has 0 amide bonds. The lowest BCUT2D eigenvalue weighted by atomic mass is 10.0. The zero-order valence-corrected chi connectivity index (χ0v) is 13.4. The summed E-state index contributed by atoms with van der Waals surface area (Å²) in [5.74, 6) is 0.564. The quantitative estimate of drug-likeness (QED) is 0.636. The van der Waals surface area contributed by atoms with Crippen molar-refractivity contribution in [3.05, 3.63) is 51.4 Å². The Morgan fingerprint density at radius 1 is 1.39 bits per heavy atom. The van der Waals surface area contributed by atoms with Crippen LogP contribution in [0.2, 0.25) is 0 Å². The van der Waals surface area contributed by atoms with E-state index in [9.17, 15) is 9.59 Å². The smallest absolute Gasteiger partial charge is 0.343 e. The lowest BCUT2D eigenvalue weighted by Gasteiger charge is -2.08. The highest BCUT2D eigenvalue weighted by Gasteiger charge is 2.30. The Kier molecular flexibility index (Phi) is 4.16. The third kappa shape index (κ3) is 3.12. The van der Waals surface area contributed by atoms with Gasteiger partial charge in [-0.05, 0) is 30.0 Å². The highest BCUT2D eigenvalue weighted by molar-refractivity contribution is 7.10. The van der Waals surface area contributed by atoms with Gasteiger partial charge in [0.2, 0.25) is 5.78 Å². The summed E-state index contributed by atoms with van der Waals surface area (Å²) in [6.45, 7) is 1.61. The summed E-state index contributed by atoms with van der Waals surface area (Å²) in [4.78, 5) is 24.6. The first-order valence-electron chi connectivity index (χ1n) is 6.90. The summed E-state index contributed by atoms with van der Waals surface area (Å²) in [6, 6.07) is 7.14. The number of Topliss-reactive ketones (excluding diaryl/α,β-unsaturated/α-hetero) is 1. The number of benzene rings is 1. The van der Waals surface area contributed by atoms with Gasteiger partial charge in [-0.15, -0.1) is 11.3 Å². The molecule has 23 heavy (non-hydrogen) atoms. The number of aryl methyl sites for hydroxylation is 1. The van der Waals surface area contributed by atoms with Gasteiger partial charge in [0.1, 0.15) is 11.5 Å². The van der Waals surface area contributed by atoms with E-state index in [2.05, 4.69) is 4.74 Å². The van der Waals surface area contributed by atoms with Crippen molar-refractivity contribution in [3.63, 3.8) is 0 Å². The van der Waals surface area contributed by atoms with Crippen LogP contribution >= 0.6 is 11.3 Å². The molecule has 6 heteroatoms. The number of ketones is 1. The van der Waals surface area contributed by atoms with Crippen molar-refractivity contribution >= 4 is 29.2 Å². The van der Waals surface area contributed by atoms with E-state index in [4.69, 9.17) is 9.47 Å². The number of carbonyl (C=O) groups is 2. The number of fused-ring (bicyclic) bond motifs is 1. The van der Waals surface area contributed by atoms with Gasteiger partial charge in [0.15, 0.2) is 12.4 Å². The van der Waals surface area contributed by atoms with Gasteiger partial charge in [-0.2, -0.15) is 0 Å². The van der Waals surface area contributed by atoms with Crippen LogP contribution in [0.15, 0.2) is 35.4 Å². The predicted molar refractivity (Wildman–Crippen MR) is 85.9 cm³/mol. The van der Waals surface area contributed by atoms with Gasteiger partial charge in [0.25, 0.3) is 0 Å². The average Bonchev–Trinajstić information content (AvgIpc) is 3.14. The Hall–Kier alpha value is -2.60. The molecule has 2 aromatic rings. The fourth-order valence-electron chi connectivity index (χ4n) is 2.26. The molecular weight excluding hydrogens is 316 g/mol. The largest absolute Gasteiger partial charge is 0.482 e. The molecule has 0 atom stereocenters. The molecule has 0 saturated carbocycles. The maximum absolute atomic E-state index is 12.5. The van der Waals surface area contributed by atoms with E-state index in [1.807, 2.05) is 17.5 Å². The lowest BCUT2D eigenvalue weighted by molar-refractivity contribution is -0.142. The number of thiophene rings is 1. The van der Waals surface area contributed by atoms with Gasteiger partial charge in [0.05, 0.1) is 12.7 Å². The lowest BCUT2D eigenvalue weighted by Crippen LogP contribution is -2.12. The van der Waals surface area contributed by atoms with Crippen molar-refractivity contribution < 1.29 is 23.8 Å². The van der Waals surface area contributed by atoms with Crippen LogP contribution in [0.1, 0.15) is 20.8 Å². The molecule has 1 aromatic heterocycles. The average molecular weight is 330 g/mol. The fourth-order valence-corrected chi connectivity index (χ4v) is 2.91. The molecule has 0 spiro atoms. The zero-order chi connectivity index (χ0) is 16.4. The van der Waals surface area contributed by atoms with Crippen molar-refractivity contribution in [1.82, 2.24) is 0 Å². The van der Waals surface area contributed by atoms with Crippen molar-refractivity contribution in [1.29, 1.82) is 0 Å². The van der Waals surface area contributed by atoms with Crippen LogP contribution in [0.3, 0.4) is 0 Å². The second-order valence-electron chi connectivity index (χ2n) is 4.93. The molecule has 3 rings (SSSR count). The molecule has 0 aliphatic carbocycles. The van der Waals surface area contributed by atoms with Crippen LogP contribution in [0.4, 0.5) is 0 Å². The number of esters is 1. The number of rotatable bonds is 4. The minimum absolute atomic E-state index is 0.148. The topological polar surface area (TPSA) is 61.8 Å². The molecule has 0 N–H and O–H groups in total. The molecule has 5 nitrogen and oxygen atoms in total. The molecule has 0 bridgehead atoms. The molecule has 1 aliphatic rings. The van der Waals surface area contributed by atoms with Gasteiger partial charge in [-0.1, -0.05) is 6.07 Å². The Labute approximate surface area is 137 Å². The summed E-state index contributed by atoms with van der Waals surface area (Å²) < 4.78 is 15.6. The maximum Gasteiger partial charge on any atom is 0.343 e. The summed E-state index contributed by atoms with van der Waals surface area (Å²) in [5, 5.41) is 1.93. The number of carbonyl (C=O) groups excluding carboxylic acids is 2. The molecule has 0 saturated heterocycles. The van der Waals surface area contributed by atoms with Gasteiger partial charge >= 0.3 is 5.97 Å². The van der Waals surface area contributed by atoms with Crippen LogP contribution in [0, 0.1) is 6.92 Å². The highest BCUT2D eigenvalue weighted by Crippen LogP contribution is 2.37. The first kappa shape index (κ1) is 15.3. The van der Waals surface area contributed by atoms with Gasteiger partial charge in [0, 0.05) is 17.0 Å². The van der Waals surface area contributed by atoms with Crippen molar-refractivity contribution in [2.45, 2.75) is 6.92 Å². The number of ether oxygens (including phenoxy) is 3. The number of methoxy groups -OCH3 is 1. The second-order valence-corrected chi connectivity index (χ2v) is 5.91. The molecule has 1 aliphatic heterocycles. The standard InChI is InChI=1S/C17H14O5S/c1-10-6-11(21-9-15(18)20-2)7-13-16(10)17(19)14(22-13)8-12-4-3-5-23-12/h3-8H,9H2,1-2H3/b14-8-. The van der Waals surface area contributed by atoms with Gasteiger partial charge in [-0.3, -0.25) is 4.79 Å². The Bertz CT molecular complexity index is 790. The summed E-state index contributed by atoms with van der Waals surface area (Å²) in [6.07, 6.45) is 1.72. The Morgan fingerprint density at radius 2 is 2.22 bits per heavy atom. The van der Waals surface area contributed by atoms with E-state index in [1.165, 1.54) is 18.4 Å². The predicted octanol–water partition coefficient (Wildman–Crippen LogP) is 3.22. The highest BCUT2D eigenvalue weighted by atomic mass is 32.1. The molecule has 1 aromatic carbocycles. The van der Waals surface area contributed by atoms with Crippen molar-refractivity contribution in [2.75, 3.05) is 13.7 Å².